The number of guanidine groups is 1. The molecule has 13 nitrogen and oxygen atoms in total. The van der Waals surface area contributed by atoms with Crippen LogP contribution in [0.1, 0.15) is 139 Å². The van der Waals surface area contributed by atoms with Crippen LogP contribution in [0, 0.1) is 23.9 Å². The second-order valence-electron chi connectivity index (χ2n) is 21.4. The molecule has 5 aromatic rings. The van der Waals surface area contributed by atoms with Gasteiger partial charge in [-0.15, -0.1) is 0 Å². The number of ether oxygens (including phenoxy) is 4. The zero-order valence-corrected chi connectivity index (χ0v) is 45.5. The average molecular weight is 1060 g/mol. The number of aromatic hydroxyl groups is 1. The van der Waals surface area contributed by atoms with E-state index in [0.717, 1.165) is 83.1 Å². The van der Waals surface area contributed by atoms with Crippen molar-refractivity contribution in [3.63, 3.8) is 0 Å². The van der Waals surface area contributed by atoms with Gasteiger partial charge in [-0.25, -0.2) is 0 Å². The molecule has 2 aliphatic carbocycles. The van der Waals surface area contributed by atoms with Crippen LogP contribution in [-0.4, -0.2) is 79.2 Å². The summed E-state index contributed by atoms with van der Waals surface area (Å²) < 4.78 is 25.1. The number of nitrogens with one attached hydrogen (secondary N) is 2. The predicted octanol–water partition coefficient (Wildman–Crippen LogP) is 11.1. The number of aliphatic hydroxyl groups is 3. The van der Waals surface area contributed by atoms with Crippen LogP contribution >= 0.6 is 0 Å². The van der Waals surface area contributed by atoms with Gasteiger partial charge in [-0.05, 0) is 175 Å². The Labute approximate surface area is 459 Å². The number of benzene rings is 5. The number of carbonyl (C=O) groups excluding carboxylic acids is 1. The number of aliphatic hydroxyl groups excluding tert-OH is 2. The maximum absolute atomic E-state index is 14.3. The Morgan fingerprint density at radius 2 is 1.78 bits per heavy atom. The van der Waals surface area contributed by atoms with Crippen molar-refractivity contribution in [2.75, 3.05) is 46.3 Å². The van der Waals surface area contributed by atoms with E-state index < -0.39 is 18.3 Å². The number of aryl methyl sites for hydroxylation is 2. The van der Waals surface area contributed by atoms with Gasteiger partial charge in [-0.1, -0.05) is 80.0 Å². The summed E-state index contributed by atoms with van der Waals surface area (Å²) in [4.78, 5) is 18.3. The molecule has 0 saturated heterocycles. The quantitative estimate of drug-likeness (QED) is 0.0163. The highest BCUT2D eigenvalue weighted by atomic mass is 16.5. The number of ketones is 1. The van der Waals surface area contributed by atoms with Gasteiger partial charge in [0.15, 0.2) is 23.7 Å². The number of Topliss-reactive ketones (excluding diaryl/α,β-unsaturated/α-hetero) is 1. The first kappa shape index (κ1) is 55.7. The molecule has 0 amide bonds. The van der Waals surface area contributed by atoms with Crippen LogP contribution in [0.2, 0.25) is 0 Å². The smallest absolute Gasteiger partial charge is 0.192 e. The number of methoxy groups -OCH3 is 1. The molecule has 78 heavy (non-hydrogen) atoms. The molecule has 6 atom stereocenters. The Bertz CT molecular complexity index is 3150. The zero-order valence-electron chi connectivity index (χ0n) is 45.5. The standard InChI is InChI=1S/C65H76N4O9/c1-40-16-21-52-57-39-78-61-32-43(18-23-60(61)75-4)17-20-49(70)36-50-34-47-35-58(71)46(33-44(47)13-6-5-10-41-12-8-15-48(31-41)69-65(66)68-3)19-22-51(45-14-7-11-42(30-45)24-28-76-27-9-26-67-2)53(25-29-77-50)63-56(37-55(57)64(73)74)62(52)54(40)38-59(63)72/h7-8,11-12,14-16,18,21,23,30-33,35,37-38,40,44,47,50-51,53,64,67,71-74H,5-6,9-10,13,17,19-20,22,24,26-28,34,36,39H2,1-4H3,(H3,66,68,69). The largest absolute Gasteiger partial charge is 0.508 e. The molecule has 10 bridgehead atoms. The minimum Gasteiger partial charge on any atom is -0.508 e. The van der Waals surface area contributed by atoms with Crippen molar-refractivity contribution >= 4 is 34.3 Å². The molecule has 4 aliphatic heterocycles. The minimum absolute atomic E-state index is 0.0121. The SMILES string of the molecule is CN=C(N)Nc1cccc(CCCCC2C=C3CCC(c4cccc(CCOCCCNC)c4)C4C#COC(CC(=O)CCc5ccc(OC)c(c5)OCc5c(C(O)O)cc6c4c(O)cc4c6c5C=CC4C)CC2C=C3O)c1. The number of allylic oxidation sites excluding steroid dienone is 4. The van der Waals surface area contributed by atoms with Crippen molar-refractivity contribution in [3.05, 3.63) is 158 Å². The topological polar surface area (TPSA) is 197 Å². The Hall–Kier alpha value is -7.08. The minimum atomic E-state index is -1.90. The third-order valence-electron chi connectivity index (χ3n) is 16.1. The van der Waals surface area contributed by atoms with Crippen molar-refractivity contribution in [2.24, 2.45) is 22.6 Å². The van der Waals surface area contributed by atoms with Gasteiger partial charge in [0.1, 0.15) is 36.1 Å². The Balaban J connectivity index is 1.17. The summed E-state index contributed by atoms with van der Waals surface area (Å²) in [5, 5.41) is 55.2. The molecular formula is C65H76N4O9. The Morgan fingerprint density at radius 1 is 0.949 bits per heavy atom. The van der Waals surface area contributed by atoms with Crippen LogP contribution in [0.4, 0.5) is 5.69 Å². The highest BCUT2D eigenvalue weighted by molar-refractivity contribution is 6.01. The fraction of sp³-hybridized carbons (Fsp3) is 0.415. The summed E-state index contributed by atoms with van der Waals surface area (Å²) in [5.74, 6) is 3.86. The van der Waals surface area contributed by atoms with Crippen LogP contribution < -0.4 is 25.8 Å². The molecule has 6 aliphatic rings. The predicted molar refractivity (Wildman–Crippen MR) is 308 cm³/mol. The van der Waals surface area contributed by atoms with Gasteiger partial charge in [0.2, 0.25) is 0 Å². The number of hydrogen-bond donors (Lipinski definition) is 7. The van der Waals surface area contributed by atoms with Crippen molar-refractivity contribution in [3.8, 4) is 29.3 Å². The van der Waals surface area contributed by atoms with E-state index in [-0.39, 0.29) is 66.0 Å². The van der Waals surface area contributed by atoms with E-state index >= 15 is 0 Å². The van der Waals surface area contributed by atoms with Crippen LogP contribution in [0.25, 0.3) is 16.8 Å². The Morgan fingerprint density at radius 3 is 2.59 bits per heavy atom. The van der Waals surface area contributed by atoms with Gasteiger partial charge in [-0.3, -0.25) is 9.79 Å². The molecule has 0 radical (unpaired) electrons. The summed E-state index contributed by atoms with van der Waals surface area (Å²) in [6.07, 6.45) is 16.4. The summed E-state index contributed by atoms with van der Waals surface area (Å²) in [7, 11) is 5.16. The third kappa shape index (κ3) is 13.2. The lowest BCUT2D eigenvalue weighted by molar-refractivity contribution is -0.121. The number of nitrogens with two attached hydrogens (primary N) is 1. The summed E-state index contributed by atoms with van der Waals surface area (Å²) in [6, 6.07) is 25.9. The number of rotatable bonds is 16. The van der Waals surface area contributed by atoms with Gasteiger partial charge in [-0.2, -0.15) is 0 Å². The van der Waals surface area contributed by atoms with Crippen molar-refractivity contribution < 1.29 is 44.2 Å². The molecule has 8 N–H and O–H groups in total. The maximum atomic E-state index is 14.3. The van der Waals surface area contributed by atoms with Crippen molar-refractivity contribution in [1.29, 1.82) is 0 Å². The summed E-state index contributed by atoms with van der Waals surface area (Å²) in [6.45, 7) is 4.13. The monoisotopic (exact) mass is 1060 g/mol. The number of phenols is 1. The second kappa shape index (κ2) is 26.0. The first-order chi connectivity index (χ1) is 37.9. The summed E-state index contributed by atoms with van der Waals surface area (Å²) >= 11 is 0. The van der Waals surface area contributed by atoms with Crippen molar-refractivity contribution in [2.45, 2.75) is 121 Å². The van der Waals surface area contributed by atoms with Gasteiger partial charge in [0.05, 0.1) is 19.6 Å². The van der Waals surface area contributed by atoms with Gasteiger partial charge in [0, 0.05) is 60.7 Å². The number of carbonyl (C=O) groups is 1. The second-order valence-corrected chi connectivity index (χ2v) is 21.4. The zero-order chi connectivity index (χ0) is 54.7. The Kier molecular flexibility index (Phi) is 18.6. The molecule has 6 unspecified atom stereocenters. The van der Waals surface area contributed by atoms with Crippen LogP contribution in [0.15, 0.2) is 113 Å². The van der Waals surface area contributed by atoms with E-state index in [9.17, 15) is 25.2 Å². The number of nitrogens with zero attached hydrogens (tertiary/aromatic N) is 1. The lowest BCUT2D eigenvalue weighted by atomic mass is 9.73. The molecule has 4 heterocycles. The van der Waals surface area contributed by atoms with Crippen LogP contribution in [-0.2, 0) is 40.1 Å². The maximum Gasteiger partial charge on any atom is 0.192 e. The number of aliphatic imine (C=N–C) groups is 1. The third-order valence-corrected chi connectivity index (χ3v) is 16.1. The van der Waals surface area contributed by atoms with E-state index in [4.69, 9.17) is 24.7 Å². The van der Waals surface area contributed by atoms with Gasteiger partial charge >= 0.3 is 0 Å². The molecule has 13 heteroatoms. The lowest BCUT2D eigenvalue weighted by Crippen LogP contribution is -2.25. The molecule has 0 aromatic heterocycles. The van der Waals surface area contributed by atoms with Crippen LogP contribution in [0.3, 0.4) is 0 Å². The molecular weight excluding hydrogens is 981 g/mol. The van der Waals surface area contributed by atoms with E-state index in [1.165, 1.54) is 5.56 Å². The van der Waals surface area contributed by atoms with Gasteiger partial charge in [0.25, 0.3) is 0 Å². The summed E-state index contributed by atoms with van der Waals surface area (Å²) in [5.41, 5.74) is 14.8. The highest BCUT2D eigenvalue weighted by Crippen LogP contribution is 2.50. The molecule has 0 saturated carbocycles. The number of fused-ring (bicyclic) bond motifs is 8. The highest BCUT2D eigenvalue weighted by Gasteiger charge is 2.35. The lowest BCUT2D eigenvalue weighted by Gasteiger charge is -2.31. The molecule has 5 aromatic carbocycles. The number of hydrogen-bond acceptors (Lipinski definition) is 11. The van der Waals surface area contributed by atoms with E-state index in [1.807, 2.05) is 55.6 Å². The fourth-order valence-corrected chi connectivity index (χ4v) is 12.0. The van der Waals surface area contributed by atoms with E-state index in [2.05, 4.69) is 83.1 Å². The first-order valence-electron chi connectivity index (χ1n) is 27.8. The average Bonchev–Trinajstić information content (AvgIpc) is 3.64. The molecule has 0 spiro atoms. The fourth-order valence-electron chi connectivity index (χ4n) is 12.0. The van der Waals surface area contributed by atoms with Crippen LogP contribution in [0.5, 0.6) is 17.2 Å². The normalized spacial score (nSPS) is 21.3. The molecule has 0 fully saturated rings. The van der Waals surface area contributed by atoms with E-state index in [0.29, 0.717) is 79.3 Å². The first-order valence-corrected chi connectivity index (χ1v) is 27.8. The number of anilines is 1. The van der Waals surface area contributed by atoms with Gasteiger partial charge < -0.3 is 55.7 Å². The number of unbranched alkanes of at least 4 members (excludes halogenated alkanes) is 1. The molecule has 410 valence electrons. The number of phenolic OH excluding ortho intramolecular Hbond substituents is 1. The van der Waals surface area contributed by atoms with Crippen molar-refractivity contribution in [1.82, 2.24) is 5.32 Å². The van der Waals surface area contributed by atoms with E-state index in [1.54, 1.807) is 20.2 Å². The molecule has 11 rings (SSSR count).